The number of hydrogen-bond acceptors (Lipinski definition) is 7. The van der Waals surface area contributed by atoms with Crippen molar-refractivity contribution in [3.05, 3.63) is 53.6 Å². The molecule has 13 heteroatoms. The molecule has 0 radical (unpaired) electrons. The van der Waals surface area contributed by atoms with Crippen LogP contribution >= 0.6 is 0 Å². The third kappa shape index (κ3) is 8.61. The highest BCUT2D eigenvalue weighted by Crippen LogP contribution is 2.33. The molecule has 2 aromatic rings. The second kappa shape index (κ2) is 12.3. The molecule has 2 aliphatic rings. The molecule has 0 aliphatic carbocycles. The predicted octanol–water partition coefficient (Wildman–Crippen LogP) is 4.02. The lowest BCUT2D eigenvalue weighted by molar-refractivity contribution is -0.167. The number of anilines is 1. The second-order valence-electron chi connectivity index (χ2n) is 9.95. The number of amides is 3. The molecule has 2 aromatic carbocycles. The van der Waals surface area contributed by atoms with E-state index in [0.717, 1.165) is 0 Å². The molecule has 0 fully saturated rings. The van der Waals surface area contributed by atoms with E-state index >= 15 is 0 Å². The number of esters is 1. The molecule has 2 heterocycles. The van der Waals surface area contributed by atoms with Gasteiger partial charge in [0, 0.05) is 12.8 Å². The van der Waals surface area contributed by atoms with Crippen LogP contribution in [0.1, 0.15) is 38.8 Å². The van der Waals surface area contributed by atoms with Gasteiger partial charge >= 0.3 is 24.1 Å². The normalized spacial score (nSPS) is 17.5. The van der Waals surface area contributed by atoms with Crippen molar-refractivity contribution < 1.29 is 46.6 Å². The number of halogens is 3. The summed E-state index contributed by atoms with van der Waals surface area (Å²) in [5, 5.41) is 6.89. The van der Waals surface area contributed by atoms with E-state index in [-0.39, 0.29) is 36.6 Å². The number of alkyl halides is 3. The van der Waals surface area contributed by atoms with Crippen LogP contribution < -0.4 is 20.7 Å². The van der Waals surface area contributed by atoms with Crippen molar-refractivity contribution in [2.75, 3.05) is 11.9 Å². The van der Waals surface area contributed by atoms with Gasteiger partial charge in [-0.3, -0.25) is 9.59 Å². The number of rotatable bonds is 4. The van der Waals surface area contributed by atoms with Gasteiger partial charge in [0.2, 0.25) is 5.91 Å². The zero-order valence-electron chi connectivity index (χ0n) is 22.3. The van der Waals surface area contributed by atoms with Crippen LogP contribution in [0.15, 0.2) is 42.5 Å². The number of hydrogen-bond donors (Lipinski definition) is 3. The van der Waals surface area contributed by atoms with Gasteiger partial charge in [0.05, 0.1) is 12.3 Å². The summed E-state index contributed by atoms with van der Waals surface area (Å²) < 4.78 is 54.9. The molecule has 0 saturated heterocycles. The highest BCUT2D eigenvalue weighted by atomic mass is 19.4. The van der Waals surface area contributed by atoms with E-state index in [9.17, 15) is 32.3 Å². The predicted molar refractivity (Wildman–Crippen MR) is 137 cm³/mol. The van der Waals surface area contributed by atoms with Gasteiger partial charge < -0.3 is 30.2 Å². The molecule has 40 heavy (non-hydrogen) atoms. The first kappa shape index (κ1) is 30.3. The fraction of sp³-hybridized carbons (Fsp3) is 0.407. The lowest BCUT2D eigenvalue weighted by atomic mass is 10.0. The molecule has 3 N–H and O–H groups in total. The maximum Gasteiger partial charge on any atom is 0.471 e. The van der Waals surface area contributed by atoms with E-state index in [0.29, 0.717) is 11.1 Å². The Morgan fingerprint density at radius 1 is 1.02 bits per heavy atom. The molecular formula is C27H30F3N3O7. The Balaban J connectivity index is 2.04. The topological polar surface area (TPSA) is 132 Å². The van der Waals surface area contributed by atoms with Crippen LogP contribution in [0.25, 0.3) is 0 Å². The fourth-order valence-electron chi connectivity index (χ4n) is 3.73. The standard InChI is InChI=1S/C27H30F3N3O7/c1-5-38-23(35)20-12-15-6-9-17(10-7-15)39-21-14-16(8-11-18(21)32-24(36)27(28,29)30)13-19(22(34)31-20)33-25(37)40-26(2,3)4/h6-11,14,19-20H,5,12-13H2,1-4H3,(H,31,34)(H,32,36)(H,33,37)/t19-,20-/m0/s1. The van der Waals surface area contributed by atoms with Crippen molar-refractivity contribution >= 4 is 29.6 Å². The molecule has 0 saturated carbocycles. The minimum absolute atomic E-state index is 0.0438. The van der Waals surface area contributed by atoms with Crippen LogP contribution in [-0.4, -0.2) is 54.3 Å². The minimum atomic E-state index is -5.13. The summed E-state index contributed by atoms with van der Waals surface area (Å²) in [6.07, 6.45) is -6.16. The number of fused-ring (bicyclic) bond motifs is 7. The van der Waals surface area contributed by atoms with E-state index in [1.54, 1.807) is 45.1 Å². The van der Waals surface area contributed by atoms with Crippen molar-refractivity contribution in [1.29, 1.82) is 0 Å². The average Bonchev–Trinajstić information content (AvgIpc) is 2.83. The molecule has 4 rings (SSSR count). The molecule has 2 aliphatic heterocycles. The summed E-state index contributed by atoms with van der Waals surface area (Å²) >= 11 is 0. The number of ether oxygens (including phenoxy) is 3. The van der Waals surface area contributed by atoms with Crippen molar-refractivity contribution in [2.45, 2.75) is 64.4 Å². The zero-order valence-corrected chi connectivity index (χ0v) is 22.3. The Bertz CT molecular complexity index is 1260. The van der Waals surface area contributed by atoms with Gasteiger partial charge in [-0.05, 0) is 63.1 Å². The number of benzene rings is 2. The van der Waals surface area contributed by atoms with Crippen LogP contribution in [0, 0.1) is 0 Å². The van der Waals surface area contributed by atoms with Crippen LogP contribution in [0.5, 0.6) is 11.5 Å². The van der Waals surface area contributed by atoms with E-state index in [2.05, 4.69) is 10.6 Å². The quantitative estimate of drug-likeness (QED) is 0.477. The summed E-state index contributed by atoms with van der Waals surface area (Å²) in [7, 11) is 0. The Morgan fingerprint density at radius 3 is 2.27 bits per heavy atom. The number of carbonyl (C=O) groups excluding carboxylic acids is 4. The highest BCUT2D eigenvalue weighted by molar-refractivity contribution is 5.96. The van der Waals surface area contributed by atoms with Gasteiger partial charge in [0.25, 0.3) is 0 Å². The zero-order chi connectivity index (χ0) is 29.7. The van der Waals surface area contributed by atoms with E-state index in [1.807, 2.05) is 0 Å². The van der Waals surface area contributed by atoms with Gasteiger partial charge in [-0.2, -0.15) is 13.2 Å². The summed E-state index contributed by atoms with van der Waals surface area (Å²) in [5.41, 5.74) is -0.164. The van der Waals surface area contributed by atoms with Gasteiger partial charge in [-0.25, -0.2) is 9.59 Å². The summed E-state index contributed by atoms with van der Waals surface area (Å²) in [5.74, 6) is -3.48. The second-order valence-corrected chi connectivity index (χ2v) is 9.95. The third-order valence-corrected chi connectivity index (χ3v) is 5.48. The molecule has 10 nitrogen and oxygen atoms in total. The first-order chi connectivity index (χ1) is 18.6. The van der Waals surface area contributed by atoms with Gasteiger partial charge in [0.15, 0.2) is 5.75 Å². The van der Waals surface area contributed by atoms with Crippen LogP contribution in [0.4, 0.5) is 23.7 Å². The highest BCUT2D eigenvalue weighted by Gasteiger charge is 2.39. The Kier molecular flexibility index (Phi) is 9.28. The first-order valence-corrected chi connectivity index (χ1v) is 12.4. The van der Waals surface area contributed by atoms with Crippen molar-refractivity contribution in [2.24, 2.45) is 0 Å². The summed E-state index contributed by atoms with van der Waals surface area (Å²) in [6.45, 7) is 6.62. The SMILES string of the molecule is CCOC(=O)[C@@H]1Cc2ccc(cc2)Oc2cc(ccc2NC(=O)C(F)(F)F)C[C@H](NC(=O)OC(C)(C)C)C(=O)N1. The van der Waals surface area contributed by atoms with E-state index in [1.165, 1.54) is 30.3 Å². The fourth-order valence-corrected chi connectivity index (χ4v) is 3.73. The summed E-state index contributed by atoms with van der Waals surface area (Å²) in [4.78, 5) is 50.2. The van der Waals surface area contributed by atoms with E-state index in [4.69, 9.17) is 14.2 Å². The Hall–Kier alpha value is -4.29. The van der Waals surface area contributed by atoms with Crippen LogP contribution in [0.2, 0.25) is 0 Å². The van der Waals surface area contributed by atoms with Crippen molar-refractivity contribution in [3.8, 4) is 11.5 Å². The van der Waals surface area contributed by atoms with Gasteiger partial charge in [-0.1, -0.05) is 18.2 Å². The van der Waals surface area contributed by atoms with Crippen LogP contribution in [-0.2, 0) is 36.7 Å². The summed E-state index contributed by atoms with van der Waals surface area (Å²) in [6, 6.07) is 7.82. The number of carbonyl (C=O) groups is 4. The first-order valence-electron chi connectivity index (χ1n) is 12.4. The number of nitrogens with one attached hydrogen (secondary N) is 3. The minimum Gasteiger partial charge on any atom is -0.464 e. The molecule has 0 spiro atoms. The lowest BCUT2D eigenvalue weighted by Gasteiger charge is -2.25. The Morgan fingerprint density at radius 2 is 1.68 bits per heavy atom. The van der Waals surface area contributed by atoms with E-state index < -0.39 is 47.7 Å². The monoisotopic (exact) mass is 565 g/mol. The van der Waals surface area contributed by atoms with Crippen molar-refractivity contribution in [1.82, 2.24) is 10.6 Å². The van der Waals surface area contributed by atoms with Gasteiger partial charge in [-0.15, -0.1) is 0 Å². The molecule has 2 atom stereocenters. The lowest BCUT2D eigenvalue weighted by Crippen LogP contribution is -2.54. The maximum atomic E-state index is 13.4. The molecule has 4 bridgehead atoms. The third-order valence-electron chi connectivity index (χ3n) is 5.48. The molecule has 0 unspecified atom stereocenters. The largest absolute Gasteiger partial charge is 0.471 e. The van der Waals surface area contributed by atoms with Crippen molar-refractivity contribution in [3.63, 3.8) is 0 Å². The Labute approximate surface area is 228 Å². The molecule has 0 aromatic heterocycles. The maximum absolute atomic E-state index is 13.4. The van der Waals surface area contributed by atoms with Crippen LogP contribution in [0.3, 0.4) is 0 Å². The molecular weight excluding hydrogens is 535 g/mol. The van der Waals surface area contributed by atoms with Gasteiger partial charge in [0.1, 0.15) is 23.4 Å². The molecule has 216 valence electrons. The number of alkyl carbamates (subject to hydrolysis) is 1. The molecule has 3 amide bonds. The smallest absolute Gasteiger partial charge is 0.464 e. The average molecular weight is 566 g/mol.